The third kappa shape index (κ3) is 4.08. The Balaban J connectivity index is 2.01. The molecule has 2 rings (SSSR count). The second-order valence-electron chi connectivity index (χ2n) is 3.98. The molecule has 0 amide bonds. The van der Waals surface area contributed by atoms with Crippen LogP contribution in [-0.4, -0.2) is 23.1 Å². The van der Waals surface area contributed by atoms with Crippen LogP contribution in [0.15, 0.2) is 52.1 Å². The second-order valence-corrected chi connectivity index (χ2v) is 5.86. The minimum atomic E-state index is 0.0415. The Morgan fingerprint density at radius 2 is 2.15 bits per heavy atom. The molecule has 2 aromatic rings. The Bertz CT molecular complexity index is 604. The highest BCUT2D eigenvalue weighted by Crippen LogP contribution is 2.27. The van der Waals surface area contributed by atoms with Gasteiger partial charge in [0, 0.05) is 21.1 Å². The largest absolute Gasteiger partial charge is 0.492 e. The Morgan fingerprint density at radius 3 is 2.90 bits per heavy atom. The summed E-state index contributed by atoms with van der Waals surface area (Å²) in [5.74, 6) is 1.05. The zero-order chi connectivity index (χ0) is 14.4. The number of carbonyl (C=O) groups excluding carboxylic acids is 1. The van der Waals surface area contributed by atoms with Gasteiger partial charge in [0.1, 0.15) is 5.75 Å². The highest BCUT2D eigenvalue weighted by atomic mass is 79.9. The molecule has 1 aromatic heterocycles. The zero-order valence-electron chi connectivity index (χ0n) is 11.0. The molecule has 1 heterocycles. The molecule has 0 fully saturated rings. The maximum atomic E-state index is 12.2. The first-order valence-corrected chi connectivity index (χ1v) is 7.97. The Kier molecular flexibility index (Phi) is 5.61. The van der Waals surface area contributed by atoms with Crippen LogP contribution in [0.25, 0.3) is 0 Å². The fraction of sp³-hybridized carbons (Fsp3) is 0.200. The number of carbonyl (C=O) groups is 1. The van der Waals surface area contributed by atoms with Crippen LogP contribution in [0.4, 0.5) is 0 Å². The molecule has 104 valence electrons. The van der Waals surface area contributed by atoms with Crippen molar-refractivity contribution < 1.29 is 9.53 Å². The van der Waals surface area contributed by atoms with Crippen molar-refractivity contribution in [3.05, 3.63) is 52.8 Å². The quantitative estimate of drug-likeness (QED) is 0.577. The number of rotatable bonds is 6. The lowest BCUT2D eigenvalue weighted by Crippen LogP contribution is -2.04. The molecule has 5 heteroatoms. The smallest absolute Gasteiger partial charge is 0.174 e. The number of halogens is 1. The SMILES string of the molecule is CCOc1cncc(C(=O)CSc2ccccc2Br)c1. The van der Waals surface area contributed by atoms with E-state index in [2.05, 4.69) is 20.9 Å². The first-order valence-electron chi connectivity index (χ1n) is 6.19. The van der Waals surface area contributed by atoms with Crippen LogP contribution < -0.4 is 4.74 Å². The van der Waals surface area contributed by atoms with E-state index in [1.165, 1.54) is 11.8 Å². The van der Waals surface area contributed by atoms with Crippen molar-refractivity contribution in [1.29, 1.82) is 0 Å². The third-order valence-electron chi connectivity index (χ3n) is 2.54. The van der Waals surface area contributed by atoms with Gasteiger partial charge in [0.15, 0.2) is 5.78 Å². The molecule has 0 N–H and O–H groups in total. The number of pyridine rings is 1. The fourth-order valence-corrected chi connectivity index (χ4v) is 3.07. The molecule has 0 aliphatic rings. The number of benzene rings is 1. The third-order valence-corrected chi connectivity index (χ3v) is 4.57. The summed E-state index contributed by atoms with van der Waals surface area (Å²) in [5, 5.41) is 0. The summed E-state index contributed by atoms with van der Waals surface area (Å²) >= 11 is 4.97. The average Bonchev–Trinajstić information content (AvgIpc) is 2.47. The normalized spacial score (nSPS) is 10.3. The minimum Gasteiger partial charge on any atom is -0.492 e. The van der Waals surface area contributed by atoms with Crippen molar-refractivity contribution in [2.75, 3.05) is 12.4 Å². The molecular weight excluding hydrogens is 338 g/mol. The molecule has 0 radical (unpaired) electrons. The number of hydrogen-bond donors (Lipinski definition) is 0. The topological polar surface area (TPSA) is 39.2 Å². The van der Waals surface area contributed by atoms with Gasteiger partial charge < -0.3 is 4.74 Å². The Labute approximate surface area is 130 Å². The van der Waals surface area contributed by atoms with E-state index in [1.807, 2.05) is 31.2 Å². The molecular formula is C15H14BrNO2S. The van der Waals surface area contributed by atoms with Crippen molar-refractivity contribution in [1.82, 2.24) is 4.98 Å². The van der Waals surface area contributed by atoms with Crippen LogP contribution in [0.5, 0.6) is 5.75 Å². The van der Waals surface area contributed by atoms with Crippen molar-refractivity contribution >= 4 is 33.5 Å². The number of nitrogens with zero attached hydrogens (tertiary/aromatic N) is 1. The Hall–Kier alpha value is -1.33. The summed E-state index contributed by atoms with van der Waals surface area (Å²) in [5.41, 5.74) is 0.579. The maximum absolute atomic E-state index is 12.2. The molecule has 0 spiro atoms. The second kappa shape index (κ2) is 7.45. The van der Waals surface area contributed by atoms with Gasteiger partial charge in [-0.05, 0) is 41.1 Å². The van der Waals surface area contributed by atoms with Gasteiger partial charge in [0.25, 0.3) is 0 Å². The van der Waals surface area contributed by atoms with Crippen molar-refractivity contribution in [3.63, 3.8) is 0 Å². The van der Waals surface area contributed by atoms with Crippen LogP contribution >= 0.6 is 27.7 Å². The molecule has 0 saturated carbocycles. The van der Waals surface area contributed by atoms with E-state index in [4.69, 9.17) is 4.74 Å². The van der Waals surface area contributed by atoms with Crippen LogP contribution in [0, 0.1) is 0 Å². The van der Waals surface area contributed by atoms with E-state index in [0.29, 0.717) is 23.7 Å². The Morgan fingerprint density at radius 1 is 1.35 bits per heavy atom. The summed E-state index contributed by atoms with van der Waals surface area (Å²) in [6.07, 6.45) is 3.19. The summed E-state index contributed by atoms with van der Waals surface area (Å²) in [6.45, 7) is 2.46. The van der Waals surface area contributed by atoms with Gasteiger partial charge in [-0.25, -0.2) is 0 Å². The predicted molar refractivity (Wildman–Crippen MR) is 84.6 cm³/mol. The predicted octanol–water partition coefficient (Wildman–Crippen LogP) is 4.22. The molecule has 0 unspecified atom stereocenters. The number of thioether (sulfide) groups is 1. The van der Waals surface area contributed by atoms with Crippen molar-refractivity contribution in [2.45, 2.75) is 11.8 Å². The maximum Gasteiger partial charge on any atom is 0.174 e. The highest BCUT2D eigenvalue weighted by Gasteiger charge is 2.09. The van der Waals surface area contributed by atoms with E-state index in [1.54, 1.807) is 18.5 Å². The zero-order valence-corrected chi connectivity index (χ0v) is 13.4. The number of Topliss-reactive ketones (excluding diaryl/α,β-unsaturated/α-hetero) is 1. The first kappa shape index (κ1) is 15.1. The summed E-state index contributed by atoms with van der Waals surface area (Å²) < 4.78 is 6.35. The minimum absolute atomic E-state index is 0.0415. The van der Waals surface area contributed by atoms with Crippen LogP contribution in [-0.2, 0) is 0 Å². The number of aromatic nitrogens is 1. The van der Waals surface area contributed by atoms with Gasteiger partial charge in [-0.15, -0.1) is 11.8 Å². The number of ketones is 1. The summed E-state index contributed by atoms with van der Waals surface area (Å²) in [6, 6.07) is 9.58. The lowest BCUT2D eigenvalue weighted by molar-refractivity contribution is 0.102. The van der Waals surface area contributed by atoms with E-state index in [0.717, 1.165) is 9.37 Å². The van der Waals surface area contributed by atoms with E-state index in [-0.39, 0.29) is 5.78 Å². The molecule has 0 saturated heterocycles. The lowest BCUT2D eigenvalue weighted by atomic mass is 10.2. The van der Waals surface area contributed by atoms with Gasteiger partial charge in [-0.3, -0.25) is 9.78 Å². The number of ether oxygens (including phenoxy) is 1. The van der Waals surface area contributed by atoms with Crippen molar-refractivity contribution in [3.8, 4) is 5.75 Å². The summed E-state index contributed by atoms with van der Waals surface area (Å²) in [4.78, 5) is 17.2. The van der Waals surface area contributed by atoms with Crippen LogP contribution in [0.3, 0.4) is 0 Å². The van der Waals surface area contributed by atoms with E-state index in [9.17, 15) is 4.79 Å². The van der Waals surface area contributed by atoms with Gasteiger partial charge in [-0.1, -0.05) is 12.1 Å². The average molecular weight is 352 g/mol. The van der Waals surface area contributed by atoms with Gasteiger partial charge >= 0.3 is 0 Å². The molecule has 0 aliphatic carbocycles. The molecule has 3 nitrogen and oxygen atoms in total. The van der Waals surface area contributed by atoms with Gasteiger partial charge in [0.2, 0.25) is 0 Å². The van der Waals surface area contributed by atoms with E-state index >= 15 is 0 Å². The van der Waals surface area contributed by atoms with Gasteiger partial charge in [-0.2, -0.15) is 0 Å². The molecule has 1 aromatic carbocycles. The fourth-order valence-electron chi connectivity index (χ4n) is 1.61. The molecule has 0 bridgehead atoms. The highest BCUT2D eigenvalue weighted by molar-refractivity contribution is 9.10. The van der Waals surface area contributed by atoms with Gasteiger partial charge in [0.05, 0.1) is 18.6 Å². The summed E-state index contributed by atoms with van der Waals surface area (Å²) in [7, 11) is 0. The van der Waals surface area contributed by atoms with Crippen LogP contribution in [0.2, 0.25) is 0 Å². The molecule has 20 heavy (non-hydrogen) atoms. The van der Waals surface area contributed by atoms with E-state index < -0.39 is 0 Å². The standard InChI is InChI=1S/C15H14BrNO2S/c1-2-19-12-7-11(8-17-9-12)14(18)10-20-15-6-4-3-5-13(15)16/h3-9H,2,10H2,1H3. The molecule has 0 aliphatic heterocycles. The number of hydrogen-bond acceptors (Lipinski definition) is 4. The molecule has 0 atom stereocenters. The van der Waals surface area contributed by atoms with Crippen LogP contribution in [0.1, 0.15) is 17.3 Å². The first-order chi connectivity index (χ1) is 9.70. The lowest BCUT2D eigenvalue weighted by Gasteiger charge is -2.06. The van der Waals surface area contributed by atoms with Crippen molar-refractivity contribution in [2.24, 2.45) is 0 Å². The monoisotopic (exact) mass is 351 g/mol.